The normalized spacial score (nSPS) is 18.0. The Labute approximate surface area is 252 Å². The molecule has 41 heavy (non-hydrogen) atoms. The van der Waals surface area contributed by atoms with Crippen LogP contribution in [0.3, 0.4) is 0 Å². The Morgan fingerprint density at radius 3 is 2.49 bits per heavy atom. The molecule has 1 saturated carbocycles. The number of urea groups is 1. The van der Waals surface area contributed by atoms with E-state index in [9.17, 15) is 14.4 Å². The number of aromatic nitrogens is 2. The van der Waals surface area contributed by atoms with Crippen LogP contribution in [0.25, 0.3) is 0 Å². The van der Waals surface area contributed by atoms with Gasteiger partial charge in [-0.2, -0.15) is 0 Å². The number of halogens is 2. The molecule has 2 fully saturated rings. The molecule has 4 rings (SSSR count). The summed E-state index contributed by atoms with van der Waals surface area (Å²) in [6.07, 6.45) is 11.1. The third-order valence-corrected chi connectivity index (χ3v) is 9.23. The molecule has 1 unspecified atom stereocenters. The van der Waals surface area contributed by atoms with Crippen molar-refractivity contribution in [2.24, 2.45) is 18.4 Å². The summed E-state index contributed by atoms with van der Waals surface area (Å²) < 4.78 is 7.42. The van der Waals surface area contributed by atoms with Crippen LogP contribution in [-0.2, 0) is 34.2 Å². The molecule has 2 aromatic rings. The zero-order valence-electron chi connectivity index (χ0n) is 24.0. The highest BCUT2D eigenvalue weighted by atomic mass is 35.5. The van der Waals surface area contributed by atoms with E-state index in [1.54, 1.807) is 29.4 Å². The van der Waals surface area contributed by atoms with Gasteiger partial charge in [0.2, 0.25) is 5.91 Å². The summed E-state index contributed by atoms with van der Waals surface area (Å²) in [4.78, 5) is 46.1. The molecule has 1 atom stereocenters. The number of likely N-dealkylation sites (tertiary alicyclic amines) is 1. The Morgan fingerprint density at radius 2 is 1.85 bits per heavy atom. The van der Waals surface area contributed by atoms with Crippen molar-refractivity contribution < 1.29 is 19.1 Å². The van der Waals surface area contributed by atoms with E-state index in [4.69, 9.17) is 27.9 Å². The number of imidazole rings is 1. The van der Waals surface area contributed by atoms with Crippen molar-refractivity contribution in [3.8, 4) is 0 Å². The number of rotatable bonds is 10. The van der Waals surface area contributed by atoms with Gasteiger partial charge in [-0.1, -0.05) is 48.5 Å². The topological polar surface area (TPSA) is 106 Å². The number of amides is 3. The Hall–Kier alpha value is -2.78. The molecule has 0 spiro atoms. The van der Waals surface area contributed by atoms with E-state index in [2.05, 4.69) is 15.6 Å². The SMILES string of the molecule is CCOC(=O)C1(C2CCCCC2)CCN(C(=O)C(Cc2ccc(Cl)c(Cl)c2)NC(=O)NCCc2cn(C)cn2)CC1. The van der Waals surface area contributed by atoms with E-state index >= 15 is 0 Å². The Balaban J connectivity index is 1.44. The molecular formula is C30H41Cl2N5O4. The van der Waals surface area contributed by atoms with Crippen LogP contribution in [0.4, 0.5) is 4.79 Å². The van der Waals surface area contributed by atoms with Gasteiger partial charge >= 0.3 is 12.0 Å². The van der Waals surface area contributed by atoms with Crippen molar-refractivity contribution in [2.75, 3.05) is 26.2 Å². The van der Waals surface area contributed by atoms with E-state index in [1.165, 1.54) is 6.42 Å². The number of hydrogen-bond donors (Lipinski definition) is 2. The number of nitrogens with zero attached hydrogens (tertiary/aromatic N) is 3. The fraction of sp³-hybridized carbons (Fsp3) is 0.600. The summed E-state index contributed by atoms with van der Waals surface area (Å²) >= 11 is 12.3. The highest BCUT2D eigenvalue weighted by Gasteiger charge is 2.49. The van der Waals surface area contributed by atoms with Crippen molar-refractivity contribution >= 4 is 41.1 Å². The van der Waals surface area contributed by atoms with Crippen molar-refractivity contribution in [1.82, 2.24) is 25.1 Å². The van der Waals surface area contributed by atoms with Crippen LogP contribution in [0.15, 0.2) is 30.7 Å². The highest BCUT2D eigenvalue weighted by Crippen LogP contribution is 2.47. The average Bonchev–Trinajstić information content (AvgIpc) is 3.39. The molecule has 2 heterocycles. The average molecular weight is 607 g/mol. The van der Waals surface area contributed by atoms with Gasteiger partial charge in [-0.15, -0.1) is 0 Å². The van der Waals surface area contributed by atoms with Gasteiger partial charge in [-0.25, -0.2) is 9.78 Å². The quantitative estimate of drug-likeness (QED) is 0.373. The molecule has 2 aliphatic rings. The molecule has 1 saturated heterocycles. The number of nitrogens with one attached hydrogen (secondary N) is 2. The molecule has 0 radical (unpaired) electrons. The summed E-state index contributed by atoms with van der Waals surface area (Å²) in [5.41, 5.74) is 1.10. The largest absolute Gasteiger partial charge is 0.466 e. The predicted octanol–water partition coefficient (Wildman–Crippen LogP) is 4.93. The molecule has 11 heteroatoms. The van der Waals surface area contributed by atoms with Gasteiger partial charge in [0.05, 0.1) is 34.1 Å². The van der Waals surface area contributed by atoms with E-state index in [0.717, 1.165) is 36.9 Å². The lowest BCUT2D eigenvalue weighted by molar-refractivity contribution is -0.166. The monoisotopic (exact) mass is 605 g/mol. The van der Waals surface area contributed by atoms with Gasteiger partial charge in [0, 0.05) is 45.7 Å². The number of ether oxygens (including phenoxy) is 1. The lowest BCUT2D eigenvalue weighted by Crippen LogP contribution is -2.56. The van der Waals surface area contributed by atoms with Gasteiger partial charge in [0.25, 0.3) is 0 Å². The van der Waals surface area contributed by atoms with Crippen LogP contribution in [0.5, 0.6) is 0 Å². The third kappa shape index (κ3) is 7.95. The zero-order chi connectivity index (χ0) is 29.4. The first-order chi connectivity index (χ1) is 19.7. The number of piperidine rings is 1. The molecule has 1 aliphatic heterocycles. The van der Waals surface area contributed by atoms with Crippen molar-refractivity contribution in [3.63, 3.8) is 0 Å². The number of benzene rings is 1. The minimum Gasteiger partial charge on any atom is -0.466 e. The van der Waals surface area contributed by atoms with Gasteiger partial charge < -0.3 is 24.8 Å². The third-order valence-electron chi connectivity index (χ3n) is 8.49. The van der Waals surface area contributed by atoms with Crippen molar-refractivity contribution in [3.05, 3.63) is 52.0 Å². The molecular weight excluding hydrogens is 565 g/mol. The second kappa shape index (κ2) is 14.4. The van der Waals surface area contributed by atoms with E-state index < -0.39 is 17.5 Å². The van der Waals surface area contributed by atoms with Crippen LogP contribution in [0.1, 0.15) is 63.1 Å². The summed E-state index contributed by atoms with van der Waals surface area (Å²) in [5.74, 6) is -0.0311. The molecule has 0 bridgehead atoms. The van der Waals surface area contributed by atoms with Crippen LogP contribution in [0.2, 0.25) is 10.0 Å². The molecule has 1 aromatic heterocycles. The molecule has 2 N–H and O–H groups in total. The molecule has 224 valence electrons. The number of carbonyl (C=O) groups excluding carboxylic acids is 3. The van der Waals surface area contributed by atoms with Gasteiger partial charge in [0.1, 0.15) is 6.04 Å². The van der Waals surface area contributed by atoms with Crippen molar-refractivity contribution in [1.29, 1.82) is 0 Å². The minimum atomic E-state index is -0.813. The maximum absolute atomic E-state index is 13.9. The second-order valence-electron chi connectivity index (χ2n) is 11.2. The Morgan fingerprint density at radius 1 is 1.12 bits per heavy atom. The fourth-order valence-electron chi connectivity index (χ4n) is 6.27. The first-order valence-corrected chi connectivity index (χ1v) is 15.4. The fourth-order valence-corrected chi connectivity index (χ4v) is 6.59. The Kier molecular flexibility index (Phi) is 10.9. The van der Waals surface area contributed by atoms with Crippen LogP contribution < -0.4 is 10.6 Å². The minimum absolute atomic E-state index is 0.128. The summed E-state index contributed by atoms with van der Waals surface area (Å²) in [6.45, 7) is 3.44. The summed E-state index contributed by atoms with van der Waals surface area (Å²) in [6, 6.07) is 3.97. The maximum atomic E-state index is 13.9. The van der Waals surface area contributed by atoms with Crippen LogP contribution in [-0.4, -0.2) is 64.6 Å². The van der Waals surface area contributed by atoms with Crippen LogP contribution in [0, 0.1) is 11.3 Å². The molecule has 3 amide bonds. The summed E-state index contributed by atoms with van der Waals surface area (Å²) in [5, 5.41) is 6.53. The molecule has 9 nitrogen and oxygen atoms in total. The predicted molar refractivity (Wildman–Crippen MR) is 159 cm³/mol. The standard InChI is InChI=1S/C30H41Cl2N5O4/c1-3-41-28(39)30(22-7-5-4-6-8-22)12-15-37(16-13-30)27(38)26(18-21-9-10-24(31)25(32)17-21)35-29(40)33-14-11-23-19-36(2)20-34-23/h9-10,17,19-20,22,26H,3-8,11-16,18H2,1-2H3,(H2,33,35,40). The Bertz CT molecular complexity index is 1210. The van der Waals surface area contributed by atoms with Crippen LogP contribution >= 0.6 is 23.2 Å². The first-order valence-electron chi connectivity index (χ1n) is 14.6. The smallest absolute Gasteiger partial charge is 0.315 e. The second-order valence-corrected chi connectivity index (χ2v) is 12.0. The van der Waals surface area contributed by atoms with Gasteiger partial charge in [-0.3, -0.25) is 9.59 Å². The van der Waals surface area contributed by atoms with E-state index in [-0.39, 0.29) is 24.2 Å². The summed E-state index contributed by atoms with van der Waals surface area (Å²) in [7, 11) is 1.89. The molecule has 1 aromatic carbocycles. The number of carbonyl (C=O) groups is 3. The van der Waals surface area contributed by atoms with Crippen molar-refractivity contribution in [2.45, 2.75) is 70.8 Å². The lowest BCUT2D eigenvalue weighted by atomic mass is 9.63. The molecule has 1 aliphatic carbocycles. The zero-order valence-corrected chi connectivity index (χ0v) is 25.5. The van der Waals surface area contributed by atoms with Gasteiger partial charge in [0.15, 0.2) is 0 Å². The van der Waals surface area contributed by atoms with Gasteiger partial charge in [-0.05, 0) is 56.2 Å². The number of aryl methyl sites for hydroxylation is 1. The first kappa shape index (κ1) is 31.2. The highest BCUT2D eigenvalue weighted by molar-refractivity contribution is 6.42. The number of hydrogen-bond acceptors (Lipinski definition) is 5. The van der Waals surface area contributed by atoms with E-state index in [0.29, 0.717) is 55.5 Å². The van der Waals surface area contributed by atoms with E-state index in [1.807, 2.05) is 24.7 Å². The maximum Gasteiger partial charge on any atom is 0.315 e. The lowest BCUT2D eigenvalue weighted by Gasteiger charge is -2.46. The number of esters is 1.